The Bertz CT molecular complexity index is 678. The summed E-state index contributed by atoms with van der Waals surface area (Å²) >= 11 is 0. The van der Waals surface area contributed by atoms with Crippen molar-refractivity contribution in [1.29, 1.82) is 0 Å². The number of aromatic hydroxyl groups is 1. The van der Waals surface area contributed by atoms with Crippen LogP contribution in [0.3, 0.4) is 0 Å². The Kier molecular flexibility index (Phi) is 9.24. The number of aryl methyl sites for hydroxylation is 1. The molecule has 0 fully saturated rings. The molecule has 0 bridgehead atoms. The summed E-state index contributed by atoms with van der Waals surface area (Å²) in [6.45, 7) is 6.59. The third-order valence-corrected chi connectivity index (χ3v) is 5.14. The molecule has 0 spiro atoms. The monoisotopic (exact) mass is 368 g/mol. The van der Waals surface area contributed by atoms with Gasteiger partial charge < -0.3 is 9.84 Å². The molecule has 0 saturated heterocycles. The molecule has 148 valence electrons. The highest BCUT2D eigenvalue weighted by atomic mass is 16.5. The Morgan fingerprint density at radius 2 is 1.48 bits per heavy atom. The van der Waals surface area contributed by atoms with Crippen molar-refractivity contribution in [2.45, 2.75) is 84.7 Å². The van der Waals surface area contributed by atoms with Gasteiger partial charge in [0, 0.05) is 6.42 Å². The van der Waals surface area contributed by atoms with Crippen molar-refractivity contribution in [1.82, 2.24) is 0 Å². The van der Waals surface area contributed by atoms with Crippen molar-refractivity contribution >= 4 is 0 Å². The molecule has 1 unspecified atom stereocenters. The minimum absolute atomic E-state index is 0.0223. The van der Waals surface area contributed by atoms with Gasteiger partial charge in [0.1, 0.15) is 17.6 Å². The zero-order valence-corrected chi connectivity index (χ0v) is 17.3. The Morgan fingerprint density at radius 3 is 2.19 bits per heavy atom. The number of rotatable bonds is 12. The molecule has 0 saturated carbocycles. The molecule has 2 aromatic rings. The molecule has 0 aliphatic carbocycles. The predicted molar refractivity (Wildman–Crippen MR) is 115 cm³/mol. The molecule has 2 nitrogen and oxygen atoms in total. The Labute approximate surface area is 165 Å². The number of unbranched alkanes of at least 4 members (excludes halogenated alkanes) is 4. The third kappa shape index (κ3) is 6.93. The topological polar surface area (TPSA) is 29.5 Å². The number of hydrogen-bond donors (Lipinski definition) is 1. The van der Waals surface area contributed by atoms with Crippen molar-refractivity contribution in [3.63, 3.8) is 0 Å². The predicted octanol–water partition coefficient (Wildman–Crippen LogP) is 6.87. The van der Waals surface area contributed by atoms with Crippen LogP contribution >= 0.6 is 0 Å². The lowest BCUT2D eigenvalue weighted by Gasteiger charge is -2.20. The summed E-state index contributed by atoms with van der Waals surface area (Å²) in [7, 11) is 0. The lowest BCUT2D eigenvalue weighted by molar-refractivity contribution is 0.218. The van der Waals surface area contributed by atoms with Crippen molar-refractivity contribution < 1.29 is 9.84 Å². The Balaban J connectivity index is 2.12. The maximum absolute atomic E-state index is 10.0. The first-order chi connectivity index (χ1) is 13.2. The molecule has 1 atom stereocenters. The minimum Gasteiger partial charge on any atom is -0.508 e. The normalized spacial score (nSPS) is 12.1. The first-order valence-corrected chi connectivity index (χ1v) is 10.7. The maximum Gasteiger partial charge on any atom is 0.123 e. The van der Waals surface area contributed by atoms with E-state index < -0.39 is 0 Å². The van der Waals surface area contributed by atoms with E-state index in [2.05, 4.69) is 39.0 Å². The smallest absolute Gasteiger partial charge is 0.123 e. The van der Waals surface area contributed by atoms with Gasteiger partial charge in [-0.2, -0.15) is 0 Å². The molecule has 2 heteroatoms. The zero-order chi connectivity index (χ0) is 19.5. The minimum atomic E-state index is 0.0223. The van der Waals surface area contributed by atoms with Crippen LogP contribution in [0.4, 0.5) is 0 Å². The van der Waals surface area contributed by atoms with E-state index in [0.29, 0.717) is 12.2 Å². The summed E-state index contributed by atoms with van der Waals surface area (Å²) in [5, 5.41) is 10.0. The van der Waals surface area contributed by atoms with Crippen molar-refractivity contribution in [2.24, 2.45) is 0 Å². The van der Waals surface area contributed by atoms with Crippen LogP contribution < -0.4 is 4.74 Å². The standard InChI is InChI=1S/C25H36O2/c1-4-6-8-13-21-15-12-18-25(23(21)16-9-7-5-2)27-20(3)19-22-14-10-11-17-24(22)26/h10-12,14-15,17-18,20,26H,4-9,13,16,19H2,1-3H3. The number of benzene rings is 2. The highest BCUT2D eigenvalue weighted by Gasteiger charge is 2.14. The van der Waals surface area contributed by atoms with E-state index in [1.165, 1.54) is 49.7 Å². The van der Waals surface area contributed by atoms with Gasteiger partial charge in [0.05, 0.1) is 0 Å². The van der Waals surface area contributed by atoms with Crippen LogP contribution in [0.1, 0.15) is 76.0 Å². The summed E-state index contributed by atoms with van der Waals surface area (Å²) < 4.78 is 6.37. The van der Waals surface area contributed by atoms with E-state index in [1.807, 2.05) is 18.2 Å². The highest BCUT2D eigenvalue weighted by Crippen LogP contribution is 2.28. The fourth-order valence-electron chi connectivity index (χ4n) is 3.61. The first-order valence-electron chi connectivity index (χ1n) is 10.7. The first kappa shape index (κ1) is 21.3. The van der Waals surface area contributed by atoms with E-state index in [0.717, 1.165) is 24.2 Å². The second kappa shape index (κ2) is 11.7. The largest absolute Gasteiger partial charge is 0.508 e. The molecule has 0 heterocycles. The van der Waals surface area contributed by atoms with Gasteiger partial charge in [0.2, 0.25) is 0 Å². The van der Waals surface area contributed by atoms with Gasteiger partial charge in [-0.3, -0.25) is 0 Å². The quantitative estimate of drug-likeness (QED) is 0.414. The van der Waals surface area contributed by atoms with E-state index in [4.69, 9.17) is 4.74 Å². The molecule has 1 N–H and O–H groups in total. The van der Waals surface area contributed by atoms with Gasteiger partial charge in [0.15, 0.2) is 0 Å². The Morgan fingerprint density at radius 1 is 0.815 bits per heavy atom. The molecule has 0 aliphatic rings. The zero-order valence-electron chi connectivity index (χ0n) is 17.3. The van der Waals surface area contributed by atoms with Crippen molar-refractivity contribution in [2.75, 3.05) is 0 Å². The molecule has 0 aliphatic heterocycles. The average Bonchev–Trinajstić information content (AvgIpc) is 2.66. The summed E-state index contributed by atoms with van der Waals surface area (Å²) in [5.41, 5.74) is 3.79. The van der Waals surface area contributed by atoms with E-state index in [1.54, 1.807) is 6.07 Å². The van der Waals surface area contributed by atoms with Crippen molar-refractivity contribution in [3.8, 4) is 11.5 Å². The van der Waals surface area contributed by atoms with E-state index in [9.17, 15) is 5.11 Å². The number of phenolic OH excluding ortho intramolecular Hbond substituents is 1. The molecular weight excluding hydrogens is 332 g/mol. The molecule has 0 amide bonds. The van der Waals surface area contributed by atoms with Crippen LogP contribution in [0.15, 0.2) is 42.5 Å². The van der Waals surface area contributed by atoms with Gasteiger partial charge in [-0.15, -0.1) is 0 Å². The van der Waals surface area contributed by atoms with Crippen LogP contribution in [0, 0.1) is 0 Å². The summed E-state index contributed by atoms with van der Waals surface area (Å²) in [4.78, 5) is 0. The van der Waals surface area contributed by atoms with Crippen molar-refractivity contribution in [3.05, 3.63) is 59.2 Å². The van der Waals surface area contributed by atoms with Gasteiger partial charge in [0.25, 0.3) is 0 Å². The number of phenols is 1. The summed E-state index contributed by atoms with van der Waals surface area (Å²) in [6.07, 6.45) is 10.4. The van der Waals surface area contributed by atoms with Crippen LogP contribution in [0.2, 0.25) is 0 Å². The molecule has 0 radical (unpaired) electrons. The maximum atomic E-state index is 10.0. The number of para-hydroxylation sites is 1. The van der Waals surface area contributed by atoms with Gasteiger partial charge >= 0.3 is 0 Å². The SMILES string of the molecule is CCCCCc1cccc(OC(C)Cc2ccccc2O)c1CCCCC. The molecule has 27 heavy (non-hydrogen) atoms. The van der Waals surface area contributed by atoms with Crippen LogP contribution in [-0.2, 0) is 19.3 Å². The van der Waals surface area contributed by atoms with E-state index >= 15 is 0 Å². The summed E-state index contributed by atoms with van der Waals surface area (Å²) in [6, 6.07) is 14.1. The molecule has 2 rings (SSSR count). The fraction of sp³-hybridized carbons (Fsp3) is 0.520. The number of hydrogen-bond acceptors (Lipinski definition) is 2. The number of ether oxygens (including phenoxy) is 1. The molecular formula is C25H36O2. The fourth-order valence-corrected chi connectivity index (χ4v) is 3.61. The second-order valence-corrected chi connectivity index (χ2v) is 7.57. The summed E-state index contributed by atoms with van der Waals surface area (Å²) in [5.74, 6) is 1.38. The Hall–Kier alpha value is -1.96. The van der Waals surface area contributed by atoms with Gasteiger partial charge in [-0.05, 0) is 61.4 Å². The van der Waals surface area contributed by atoms with Gasteiger partial charge in [-0.1, -0.05) is 69.9 Å². The van der Waals surface area contributed by atoms with Gasteiger partial charge in [-0.25, -0.2) is 0 Å². The van der Waals surface area contributed by atoms with Crippen LogP contribution in [0.25, 0.3) is 0 Å². The van der Waals surface area contributed by atoms with E-state index in [-0.39, 0.29) is 6.10 Å². The average molecular weight is 369 g/mol. The highest BCUT2D eigenvalue weighted by molar-refractivity contribution is 5.41. The van der Waals surface area contributed by atoms with Crippen LogP contribution in [0.5, 0.6) is 11.5 Å². The van der Waals surface area contributed by atoms with Crippen LogP contribution in [-0.4, -0.2) is 11.2 Å². The third-order valence-electron chi connectivity index (χ3n) is 5.14. The second-order valence-electron chi connectivity index (χ2n) is 7.57. The molecule has 2 aromatic carbocycles. The lowest BCUT2D eigenvalue weighted by Crippen LogP contribution is -2.16. The molecule has 0 aromatic heterocycles. The lowest BCUT2D eigenvalue weighted by atomic mass is 9.96.